The highest BCUT2D eigenvalue weighted by molar-refractivity contribution is 5.75. The van der Waals surface area contributed by atoms with Crippen molar-refractivity contribution in [2.75, 3.05) is 66.8 Å². The fourth-order valence-electron chi connectivity index (χ4n) is 1.67. The first kappa shape index (κ1) is 21.9. The van der Waals surface area contributed by atoms with Crippen LogP contribution in [-0.2, 0) is 19.0 Å². The highest BCUT2D eigenvalue weighted by atomic mass is 16.5. The summed E-state index contributed by atoms with van der Waals surface area (Å²) in [5.41, 5.74) is 0. The minimum atomic E-state index is 0.166. The van der Waals surface area contributed by atoms with Gasteiger partial charge in [0.2, 0.25) is 5.91 Å². The lowest BCUT2D eigenvalue weighted by molar-refractivity contribution is -0.131. The highest BCUT2D eigenvalue weighted by Gasteiger charge is 2.09. The number of likely N-dealkylation sites (N-methyl/N-ethyl adjacent to an activating group) is 2. The SMILES string of the molecule is C=CN(C)CCOCCOCCOCCN(C)C(=O)CC(C)C. The van der Waals surface area contributed by atoms with Crippen LogP contribution in [0.1, 0.15) is 20.3 Å². The summed E-state index contributed by atoms with van der Waals surface area (Å²) in [5, 5.41) is 0. The Kier molecular flexibility index (Phi) is 13.8. The maximum Gasteiger partial charge on any atom is 0.222 e. The van der Waals surface area contributed by atoms with Crippen LogP contribution >= 0.6 is 0 Å². The molecule has 0 saturated heterocycles. The number of nitrogens with zero attached hydrogens (tertiary/aromatic N) is 2. The maximum absolute atomic E-state index is 11.7. The van der Waals surface area contributed by atoms with Crippen LogP contribution in [0.25, 0.3) is 0 Å². The summed E-state index contributed by atoms with van der Waals surface area (Å²) in [6.07, 6.45) is 2.35. The number of carbonyl (C=O) groups is 1. The second-order valence-electron chi connectivity index (χ2n) is 5.91. The molecule has 0 rings (SSSR count). The molecular formula is C17H34N2O4. The van der Waals surface area contributed by atoms with Gasteiger partial charge >= 0.3 is 0 Å². The molecular weight excluding hydrogens is 296 g/mol. The first-order valence-corrected chi connectivity index (χ1v) is 8.27. The molecule has 0 aromatic rings. The van der Waals surface area contributed by atoms with Gasteiger partial charge in [-0.15, -0.1) is 0 Å². The van der Waals surface area contributed by atoms with Crippen LogP contribution in [0.4, 0.5) is 0 Å². The van der Waals surface area contributed by atoms with E-state index in [4.69, 9.17) is 14.2 Å². The molecule has 0 aromatic heterocycles. The molecule has 0 heterocycles. The first-order valence-electron chi connectivity index (χ1n) is 8.27. The van der Waals surface area contributed by atoms with E-state index >= 15 is 0 Å². The average Bonchev–Trinajstić information content (AvgIpc) is 2.51. The molecule has 0 N–H and O–H groups in total. The molecule has 0 spiro atoms. The Balaban J connectivity index is 3.30. The van der Waals surface area contributed by atoms with E-state index in [1.807, 2.05) is 32.8 Å². The van der Waals surface area contributed by atoms with Crippen molar-refractivity contribution in [1.82, 2.24) is 9.80 Å². The monoisotopic (exact) mass is 330 g/mol. The molecule has 0 bridgehead atoms. The summed E-state index contributed by atoms with van der Waals surface area (Å²) >= 11 is 0. The number of rotatable bonds is 15. The summed E-state index contributed by atoms with van der Waals surface area (Å²) < 4.78 is 16.3. The van der Waals surface area contributed by atoms with Crippen molar-refractivity contribution in [1.29, 1.82) is 0 Å². The predicted octanol–water partition coefficient (Wildman–Crippen LogP) is 1.62. The van der Waals surface area contributed by atoms with Gasteiger partial charge in [-0.2, -0.15) is 0 Å². The highest BCUT2D eigenvalue weighted by Crippen LogP contribution is 2.02. The average molecular weight is 330 g/mol. The van der Waals surface area contributed by atoms with Crippen molar-refractivity contribution in [3.8, 4) is 0 Å². The van der Waals surface area contributed by atoms with Gasteiger partial charge in [0.1, 0.15) is 0 Å². The quantitative estimate of drug-likeness (QED) is 0.427. The zero-order valence-corrected chi connectivity index (χ0v) is 15.3. The van der Waals surface area contributed by atoms with E-state index in [0.29, 0.717) is 58.5 Å². The summed E-state index contributed by atoms with van der Waals surface area (Å²) in [4.78, 5) is 15.4. The van der Waals surface area contributed by atoms with E-state index in [1.54, 1.807) is 11.1 Å². The molecule has 23 heavy (non-hydrogen) atoms. The number of carbonyl (C=O) groups excluding carboxylic acids is 1. The van der Waals surface area contributed by atoms with Crippen LogP contribution in [0.5, 0.6) is 0 Å². The summed E-state index contributed by atoms with van der Waals surface area (Å²) in [5.74, 6) is 0.553. The topological polar surface area (TPSA) is 51.2 Å². The number of ether oxygens (including phenoxy) is 3. The van der Waals surface area contributed by atoms with Crippen LogP contribution in [0, 0.1) is 5.92 Å². The van der Waals surface area contributed by atoms with Gasteiger partial charge in [0.05, 0.1) is 39.6 Å². The largest absolute Gasteiger partial charge is 0.379 e. The van der Waals surface area contributed by atoms with E-state index in [1.165, 1.54) is 0 Å². The lowest BCUT2D eigenvalue weighted by atomic mass is 10.1. The van der Waals surface area contributed by atoms with Gasteiger partial charge in [0, 0.05) is 33.6 Å². The smallest absolute Gasteiger partial charge is 0.222 e. The van der Waals surface area contributed by atoms with E-state index in [9.17, 15) is 4.79 Å². The van der Waals surface area contributed by atoms with Crippen LogP contribution in [0.2, 0.25) is 0 Å². The first-order chi connectivity index (χ1) is 11.0. The van der Waals surface area contributed by atoms with Gasteiger partial charge in [0.25, 0.3) is 0 Å². The Labute approximate surface area is 141 Å². The molecule has 6 nitrogen and oxygen atoms in total. The third-order valence-corrected chi connectivity index (χ3v) is 3.22. The normalized spacial score (nSPS) is 10.8. The molecule has 6 heteroatoms. The molecule has 0 aliphatic carbocycles. The molecule has 0 radical (unpaired) electrons. The maximum atomic E-state index is 11.7. The predicted molar refractivity (Wildman–Crippen MR) is 92.4 cm³/mol. The Morgan fingerprint density at radius 3 is 1.91 bits per heavy atom. The molecule has 0 fully saturated rings. The van der Waals surface area contributed by atoms with Crippen molar-refractivity contribution < 1.29 is 19.0 Å². The summed E-state index contributed by atoms with van der Waals surface area (Å²) in [6.45, 7) is 12.6. The fourth-order valence-corrected chi connectivity index (χ4v) is 1.67. The van der Waals surface area contributed by atoms with Gasteiger partial charge < -0.3 is 24.0 Å². The molecule has 0 aliphatic heterocycles. The molecule has 0 aliphatic rings. The number of hydrogen-bond donors (Lipinski definition) is 0. The molecule has 0 atom stereocenters. The fraction of sp³-hybridized carbons (Fsp3) is 0.824. The van der Waals surface area contributed by atoms with E-state index in [-0.39, 0.29) is 5.91 Å². The summed E-state index contributed by atoms with van der Waals surface area (Å²) in [6, 6.07) is 0. The third kappa shape index (κ3) is 14.2. The van der Waals surface area contributed by atoms with Crippen LogP contribution in [-0.4, -0.2) is 82.5 Å². The second kappa shape index (κ2) is 14.5. The summed E-state index contributed by atoms with van der Waals surface area (Å²) in [7, 11) is 3.77. The van der Waals surface area contributed by atoms with Crippen molar-refractivity contribution >= 4 is 5.91 Å². The standard InChI is InChI=1S/C17H34N2O4/c1-6-18(4)7-9-21-11-13-23-14-12-22-10-8-19(5)17(20)15-16(2)3/h6,16H,1,7-15H2,2-5H3. The third-order valence-electron chi connectivity index (χ3n) is 3.22. The minimum Gasteiger partial charge on any atom is -0.379 e. The van der Waals surface area contributed by atoms with Gasteiger partial charge in [-0.25, -0.2) is 0 Å². The van der Waals surface area contributed by atoms with Crippen molar-refractivity contribution in [2.24, 2.45) is 5.92 Å². The zero-order chi connectivity index (χ0) is 17.5. The molecule has 0 saturated carbocycles. The lowest BCUT2D eigenvalue weighted by Gasteiger charge is -2.18. The molecule has 1 amide bonds. The molecule has 136 valence electrons. The molecule has 0 unspecified atom stereocenters. The van der Waals surface area contributed by atoms with Crippen molar-refractivity contribution in [3.05, 3.63) is 12.8 Å². The van der Waals surface area contributed by atoms with E-state index in [2.05, 4.69) is 6.58 Å². The van der Waals surface area contributed by atoms with Gasteiger partial charge in [-0.05, 0) is 12.1 Å². The zero-order valence-electron chi connectivity index (χ0n) is 15.3. The molecule has 0 aromatic carbocycles. The van der Waals surface area contributed by atoms with Crippen molar-refractivity contribution in [2.45, 2.75) is 20.3 Å². The van der Waals surface area contributed by atoms with E-state index < -0.39 is 0 Å². The Morgan fingerprint density at radius 1 is 0.957 bits per heavy atom. The second-order valence-corrected chi connectivity index (χ2v) is 5.91. The Hall–Kier alpha value is -1.11. The Morgan fingerprint density at radius 2 is 1.43 bits per heavy atom. The van der Waals surface area contributed by atoms with Crippen LogP contribution in [0.15, 0.2) is 12.8 Å². The number of amides is 1. The van der Waals surface area contributed by atoms with Gasteiger partial charge in [-0.1, -0.05) is 20.4 Å². The lowest BCUT2D eigenvalue weighted by Crippen LogP contribution is -2.31. The van der Waals surface area contributed by atoms with Crippen LogP contribution in [0.3, 0.4) is 0 Å². The van der Waals surface area contributed by atoms with E-state index in [0.717, 1.165) is 6.54 Å². The van der Waals surface area contributed by atoms with Gasteiger partial charge in [0.15, 0.2) is 0 Å². The number of hydrogen-bond acceptors (Lipinski definition) is 5. The minimum absolute atomic E-state index is 0.166. The van der Waals surface area contributed by atoms with Gasteiger partial charge in [-0.3, -0.25) is 4.79 Å². The van der Waals surface area contributed by atoms with Crippen molar-refractivity contribution in [3.63, 3.8) is 0 Å². The Bertz CT molecular complexity index is 311. The van der Waals surface area contributed by atoms with Crippen LogP contribution < -0.4 is 0 Å².